The highest BCUT2D eigenvalue weighted by Gasteiger charge is 2.26. The van der Waals surface area contributed by atoms with Gasteiger partial charge in [-0.3, -0.25) is 9.59 Å². The SMILES string of the molecule is COc1ccc(C)cc1NC(=O)[C@H](CC(=O)OCc1ccccc1)NC(=O)OCc1ccccc1. The highest BCUT2D eigenvalue weighted by molar-refractivity contribution is 5.99. The molecule has 0 saturated heterocycles. The van der Waals surface area contributed by atoms with Gasteiger partial charge in [0.25, 0.3) is 0 Å². The molecule has 0 unspecified atom stereocenters. The van der Waals surface area contributed by atoms with Gasteiger partial charge in [-0.25, -0.2) is 4.79 Å². The van der Waals surface area contributed by atoms with Crippen LogP contribution in [0.5, 0.6) is 5.75 Å². The van der Waals surface area contributed by atoms with Crippen LogP contribution in [0.25, 0.3) is 0 Å². The summed E-state index contributed by atoms with van der Waals surface area (Å²) in [6.45, 7) is 1.94. The van der Waals surface area contributed by atoms with E-state index in [1.54, 1.807) is 12.1 Å². The molecule has 0 radical (unpaired) electrons. The molecular formula is C27H28N2O6. The number of esters is 1. The Morgan fingerprint density at radius 3 is 2.03 bits per heavy atom. The predicted molar refractivity (Wildman–Crippen MR) is 131 cm³/mol. The quantitative estimate of drug-likeness (QED) is 0.421. The van der Waals surface area contributed by atoms with E-state index in [-0.39, 0.29) is 19.6 Å². The molecule has 0 fully saturated rings. The molecule has 3 aromatic rings. The molecule has 35 heavy (non-hydrogen) atoms. The van der Waals surface area contributed by atoms with Gasteiger partial charge in [-0.2, -0.15) is 0 Å². The summed E-state index contributed by atoms with van der Waals surface area (Å²) in [6, 6.07) is 22.3. The van der Waals surface area contributed by atoms with Gasteiger partial charge < -0.3 is 24.8 Å². The molecule has 8 nitrogen and oxygen atoms in total. The van der Waals surface area contributed by atoms with E-state index in [4.69, 9.17) is 14.2 Å². The molecule has 0 bridgehead atoms. The van der Waals surface area contributed by atoms with Crippen molar-refractivity contribution < 1.29 is 28.6 Å². The number of nitrogens with one attached hydrogen (secondary N) is 2. The van der Waals surface area contributed by atoms with Crippen molar-refractivity contribution in [2.75, 3.05) is 12.4 Å². The summed E-state index contributed by atoms with van der Waals surface area (Å²) in [5.74, 6) is -0.809. The zero-order valence-electron chi connectivity index (χ0n) is 19.7. The molecule has 2 N–H and O–H groups in total. The van der Waals surface area contributed by atoms with Gasteiger partial charge >= 0.3 is 12.1 Å². The second kappa shape index (κ2) is 12.8. The summed E-state index contributed by atoms with van der Waals surface area (Å²) in [5, 5.41) is 5.19. The molecule has 0 saturated carbocycles. The highest BCUT2D eigenvalue weighted by Crippen LogP contribution is 2.25. The van der Waals surface area contributed by atoms with Crippen LogP contribution >= 0.6 is 0 Å². The number of rotatable bonds is 10. The maximum Gasteiger partial charge on any atom is 0.408 e. The monoisotopic (exact) mass is 476 g/mol. The second-order valence-electron chi connectivity index (χ2n) is 7.80. The van der Waals surface area contributed by atoms with Gasteiger partial charge in [0.2, 0.25) is 5.91 Å². The van der Waals surface area contributed by atoms with Gasteiger partial charge in [0.05, 0.1) is 19.2 Å². The maximum absolute atomic E-state index is 13.1. The molecule has 0 spiro atoms. The third kappa shape index (κ3) is 8.19. The molecule has 0 aliphatic carbocycles. The number of benzene rings is 3. The third-order valence-electron chi connectivity index (χ3n) is 5.05. The van der Waals surface area contributed by atoms with Gasteiger partial charge in [0, 0.05) is 0 Å². The number of anilines is 1. The Bertz CT molecular complexity index is 1080. The molecule has 0 aliphatic rings. The zero-order chi connectivity index (χ0) is 25.0. The molecule has 8 heteroatoms. The Balaban J connectivity index is 1.67. The van der Waals surface area contributed by atoms with Crippen LogP contribution in [0.15, 0.2) is 78.9 Å². The van der Waals surface area contributed by atoms with Crippen molar-refractivity contribution in [3.05, 3.63) is 95.6 Å². The topological polar surface area (TPSA) is 103 Å². The minimum Gasteiger partial charge on any atom is -0.495 e. The number of aryl methyl sites for hydroxylation is 1. The van der Waals surface area contributed by atoms with Crippen LogP contribution in [0.1, 0.15) is 23.1 Å². The van der Waals surface area contributed by atoms with Crippen molar-refractivity contribution in [2.24, 2.45) is 0 Å². The smallest absolute Gasteiger partial charge is 0.408 e. The first kappa shape index (κ1) is 25.3. The van der Waals surface area contributed by atoms with Crippen molar-refractivity contribution in [3.63, 3.8) is 0 Å². The Hall–Kier alpha value is -4.33. The normalized spacial score (nSPS) is 11.1. The number of carbonyl (C=O) groups is 3. The fourth-order valence-corrected chi connectivity index (χ4v) is 3.22. The largest absolute Gasteiger partial charge is 0.495 e. The van der Waals surface area contributed by atoms with Crippen molar-refractivity contribution in [1.29, 1.82) is 0 Å². The van der Waals surface area contributed by atoms with E-state index in [0.29, 0.717) is 11.4 Å². The number of ether oxygens (including phenoxy) is 3. The molecule has 0 aliphatic heterocycles. The first-order chi connectivity index (χ1) is 16.9. The average Bonchev–Trinajstić information content (AvgIpc) is 2.87. The van der Waals surface area contributed by atoms with Gasteiger partial charge in [-0.15, -0.1) is 0 Å². The molecule has 0 aromatic heterocycles. The van der Waals surface area contributed by atoms with E-state index in [0.717, 1.165) is 16.7 Å². The second-order valence-corrected chi connectivity index (χ2v) is 7.80. The van der Waals surface area contributed by atoms with E-state index in [1.807, 2.05) is 73.7 Å². The van der Waals surface area contributed by atoms with Crippen LogP contribution in [0.4, 0.5) is 10.5 Å². The average molecular weight is 477 g/mol. The first-order valence-electron chi connectivity index (χ1n) is 11.1. The molecule has 1 atom stereocenters. The van der Waals surface area contributed by atoms with Crippen LogP contribution in [-0.2, 0) is 32.3 Å². The summed E-state index contributed by atoms with van der Waals surface area (Å²) in [7, 11) is 1.48. The lowest BCUT2D eigenvalue weighted by Crippen LogP contribution is -2.45. The molecule has 2 amide bonds. The maximum atomic E-state index is 13.1. The van der Waals surface area contributed by atoms with E-state index in [9.17, 15) is 14.4 Å². The van der Waals surface area contributed by atoms with Crippen LogP contribution < -0.4 is 15.4 Å². The number of hydrogen-bond donors (Lipinski definition) is 2. The Labute approximate surface area is 204 Å². The molecule has 3 rings (SSSR count). The summed E-state index contributed by atoms with van der Waals surface area (Å²) < 4.78 is 15.8. The van der Waals surface area contributed by atoms with Crippen LogP contribution in [-0.4, -0.2) is 31.1 Å². The fraction of sp³-hybridized carbons (Fsp3) is 0.222. The molecule has 3 aromatic carbocycles. The summed E-state index contributed by atoms with van der Waals surface area (Å²) >= 11 is 0. The zero-order valence-corrected chi connectivity index (χ0v) is 19.7. The van der Waals surface area contributed by atoms with Gasteiger partial charge in [-0.1, -0.05) is 66.7 Å². The van der Waals surface area contributed by atoms with E-state index in [1.165, 1.54) is 7.11 Å². The van der Waals surface area contributed by atoms with Crippen LogP contribution in [0, 0.1) is 6.92 Å². The van der Waals surface area contributed by atoms with Crippen molar-refractivity contribution in [2.45, 2.75) is 32.6 Å². The van der Waals surface area contributed by atoms with E-state index < -0.39 is 24.0 Å². The lowest BCUT2D eigenvalue weighted by molar-refractivity contribution is -0.146. The molecule has 0 heterocycles. The van der Waals surface area contributed by atoms with Crippen LogP contribution in [0.3, 0.4) is 0 Å². The first-order valence-corrected chi connectivity index (χ1v) is 11.1. The Morgan fingerprint density at radius 1 is 0.829 bits per heavy atom. The third-order valence-corrected chi connectivity index (χ3v) is 5.05. The van der Waals surface area contributed by atoms with Crippen LogP contribution in [0.2, 0.25) is 0 Å². The lowest BCUT2D eigenvalue weighted by Gasteiger charge is -2.19. The standard InChI is InChI=1S/C27H28N2O6/c1-19-13-14-24(33-2)22(15-19)28-26(31)23(16-25(30)34-17-20-9-5-3-6-10-20)29-27(32)35-18-21-11-7-4-8-12-21/h3-15,23H,16-18H2,1-2H3,(H,28,31)(H,29,32)/t23-/m0/s1. The Morgan fingerprint density at radius 2 is 1.43 bits per heavy atom. The molecule has 182 valence electrons. The summed E-state index contributed by atoms with van der Waals surface area (Å²) in [6.07, 6.45) is -1.21. The number of methoxy groups -OCH3 is 1. The summed E-state index contributed by atoms with van der Waals surface area (Å²) in [5.41, 5.74) is 2.91. The number of amides is 2. The lowest BCUT2D eigenvalue weighted by atomic mass is 10.1. The van der Waals surface area contributed by atoms with E-state index in [2.05, 4.69) is 10.6 Å². The van der Waals surface area contributed by atoms with Gasteiger partial charge in [0.1, 0.15) is 25.0 Å². The van der Waals surface area contributed by atoms with Crippen molar-refractivity contribution in [3.8, 4) is 5.75 Å². The van der Waals surface area contributed by atoms with Crippen molar-refractivity contribution >= 4 is 23.7 Å². The highest BCUT2D eigenvalue weighted by atomic mass is 16.5. The van der Waals surface area contributed by atoms with Gasteiger partial charge in [0.15, 0.2) is 0 Å². The molecular weight excluding hydrogens is 448 g/mol. The Kier molecular flexibility index (Phi) is 9.24. The minimum atomic E-state index is -1.23. The fourth-order valence-electron chi connectivity index (χ4n) is 3.22. The summed E-state index contributed by atoms with van der Waals surface area (Å²) in [4.78, 5) is 38.0. The van der Waals surface area contributed by atoms with E-state index >= 15 is 0 Å². The van der Waals surface area contributed by atoms with Gasteiger partial charge in [-0.05, 0) is 35.7 Å². The number of carbonyl (C=O) groups excluding carboxylic acids is 3. The van der Waals surface area contributed by atoms with Crippen molar-refractivity contribution in [1.82, 2.24) is 5.32 Å². The minimum absolute atomic E-state index is 0.0190. The predicted octanol–water partition coefficient (Wildman–Crippen LogP) is 4.37. The number of hydrogen-bond acceptors (Lipinski definition) is 6. The number of alkyl carbamates (subject to hydrolysis) is 1.